The molecule has 1 saturated carbocycles. The number of carbonyl (C=O) groups is 2. The van der Waals surface area contributed by atoms with Gasteiger partial charge >= 0.3 is 0 Å². The summed E-state index contributed by atoms with van der Waals surface area (Å²) in [5, 5.41) is 0. The van der Waals surface area contributed by atoms with Crippen LogP contribution in [0.2, 0.25) is 0 Å². The number of hydrogen-bond donors (Lipinski definition) is 0. The summed E-state index contributed by atoms with van der Waals surface area (Å²) in [6, 6.07) is 0. The van der Waals surface area contributed by atoms with E-state index >= 15 is 0 Å². The minimum Gasteiger partial charge on any atom is -0.342 e. The molecule has 120 valence electrons. The lowest BCUT2D eigenvalue weighted by atomic mass is 10.1. The zero-order valence-corrected chi connectivity index (χ0v) is 13.5. The maximum atomic E-state index is 12.4. The molecule has 2 rings (SSSR count). The van der Waals surface area contributed by atoms with Gasteiger partial charge in [0, 0.05) is 45.2 Å². The summed E-state index contributed by atoms with van der Waals surface area (Å²) in [7, 11) is 0. The number of amides is 2. The maximum absolute atomic E-state index is 12.4. The fourth-order valence-corrected chi connectivity index (χ4v) is 3.42. The molecule has 2 fully saturated rings. The van der Waals surface area contributed by atoms with E-state index in [0.717, 1.165) is 52.1 Å². The van der Waals surface area contributed by atoms with Crippen LogP contribution >= 0.6 is 0 Å². The fourth-order valence-electron chi connectivity index (χ4n) is 3.42. The first-order chi connectivity index (χ1) is 10.2. The van der Waals surface area contributed by atoms with Crippen LogP contribution in [0.1, 0.15) is 39.5 Å². The van der Waals surface area contributed by atoms with E-state index in [9.17, 15) is 9.59 Å². The van der Waals surface area contributed by atoms with Gasteiger partial charge in [-0.25, -0.2) is 0 Å². The highest BCUT2D eigenvalue weighted by Crippen LogP contribution is 2.26. The molecule has 2 amide bonds. The first kappa shape index (κ1) is 16.3. The molecule has 0 aromatic carbocycles. The molecule has 2 aliphatic rings. The van der Waals surface area contributed by atoms with Crippen molar-refractivity contribution in [3.05, 3.63) is 0 Å². The first-order valence-electron chi connectivity index (χ1n) is 8.44. The van der Waals surface area contributed by atoms with E-state index in [4.69, 9.17) is 0 Å². The average Bonchev–Trinajstić information content (AvgIpc) is 3.03. The average molecular weight is 295 g/mol. The molecule has 0 spiro atoms. The van der Waals surface area contributed by atoms with Crippen molar-refractivity contribution in [2.45, 2.75) is 39.5 Å². The Hall–Kier alpha value is -1.10. The van der Waals surface area contributed by atoms with Gasteiger partial charge in [-0.05, 0) is 26.7 Å². The van der Waals surface area contributed by atoms with Gasteiger partial charge in [0.15, 0.2) is 0 Å². The van der Waals surface area contributed by atoms with Crippen molar-refractivity contribution in [3.8, 4) is 0 Å². The van der Waals surface area contributed by atoms with E-state index in [1.807, 2.05) is 23.6 Å². The molecule has 5 nitrogen and oxygen atoms in total. The summed E-state index contributed by atoms with van der Waals surface area (Å²) in [5.41, 5.74) is 0. The van der Waals surface area contributed by atoms with Crippen LogP contribution in [0.3, 0.4) is 0 Å². The molecule has 0 radical (unpaired) electrons. The van der Waals surface area contributed by atoms with Gasteiger partial charge in [0.2, 0.25) is 11.8 Å². The first-order valence-corrected chi connectivity index (χ1v) is 8.44. The number of piperazine rings is 1. The molecule has 1 saturated heterocycles. The van der Waals surface area contributed by atoms with E-state index in [-0.39, 0.29) is 11.8 Å². The minimum atomic E-state index is 0.204. The third-order valence-corrected chi connectivity index (χ3v) is 4.86. The largest absolute Gasteiger partial charge is 0.342 e. The molecule has 0 aromatic heterocycles. The second kappa shape index (κ2) is 7.78. The van der Waals surface area contributed by atoms with Crippen LogP contribution in [0, 0.1) is 5.92 Å². The van der Waals surface area contributed by atoms with Crippen molar-refractivity contribution >= 4 is 11.8 Å². The Morgan fingerprint density at radius 1 is 1.00 bits per heavy atom. The molecule has 1 heterocycles. The lowest BCUT2D eigenvalue weighted by Crippen LogP contribution is -2.52. The topological polar surface area (TPSA) is 43.9 Å². The van der Waals surface area contributed by atoms with Gasteiger partial charge in [0.05, 0.1) is 6.54 Å². The summed E-state index contributed by atoms with van der Waals surface area (Å²) in [6.45, 7) is 9.27. The van der Waals surface area contributed by atoms with Gasteiger partial charge in [-0.2, -0.15) is 0 Å². The van der Waals surface area contributed by atoms with Crippen molar-refractivity contribution < 1.29 is 9.59 Å². The standard InChI is InChI=1S/C16H29N3O2/c1-3-18(4-2)15(20)13-17-9-11-19(12-10-17)16(21)14-7-5-6-8-14/h14H,3-13H2,1-2H3. The summed E-state index contributed by atoms with van der Waals surface area (Å²) in [4.78, 5) is 30.5. The van der Waals surface area contributed by atoms with E-state index in [0.29, 0.717) is 12.5 Å². The van der Waals surface area contributed by atoms with Gasteiger partial charge in [0.1, 0.15) is 0 Å². The highest BCUT2D eigenvalue weighted by Gasteiger charge is 2.29. The van der Waals surface area contributed by atoms with Gasteiger partial charge in [-0.1, -0.05) is 12.8 Å². The molecule has 0 unspecified atom stereocenters. The monoisotopic (exact) mass is 295 g/mol. The second-order valence-corrected chi connectivity index (χ2v) is 6.15. The predicted octanol–water partition coefficient (Wildman–Crippen LogP) is 1.19. The van der Waals surface area contributed by atoms with Crippen molar-refractivity contribution in [2.24, 2.45) is 5.92 Å². The SMILES string of the molecule is CCN(CC)C(=O)CN1CCN(C(=O)C2CCCC2)CC1. The molecule has 1 aliphatic heterocycles. The van der Waals surface area contributed by atoms with Crippen molar-refractivity contribution in [2.75, 3.05) is 45.8 Å². The van der Waals surface area contributed by atoms with Crippen LogP contribution in [0.25, 0.3) is 0 Å². The van der Waals surface area contributed by atoms with Gasteiger partial charge in [-0.3, -0.25) is 14.5 Å². The number of likely N-dealkylation sites (N-methyl/N-ethyl adjacent to an activating group) is 1. The highest BCUT2D eigenvalue weighted by atomic mass is 16.2. The number of hydrogen-bond acceptors (Lipinski definition) is 3. The van der Waals surface area contributed by atoms with Crippen LogP contribution in [-0.2, 0) is 9.59 Å². The Bertz CT molecular complexity index is 355. The van der Waals surface area contributed by atoms with Gasteiger partial charge in [-0.15, -0.1) is 0 Å². The molecule has 1 aliphatic carbocycles. The summed E-state index contributed by atoms with van der Waals surface area (Å²) in [5.74, 6) is 0.826. The number of rotatable bonds is 5. The Balaban J connectivity index is 1.75. The highest BCUT2D eigenvalue weighted by molar-refractivity contribution is 5.79. The maximum Gasteiger partial charge on any atom is 0.236 e. The van der Waals surface area contributed by atoms with E-state index in [2.05, 4.69) is 4.90 Å². The molecule has 0 atom stereocenters. The fraction of sp³-hybridized carbons (Fsp3) is 0.875. The van der Waals surface area contributed by atoms with Crippen LogP contribution in [0.15, 0.2) is 0 Å². The third kappa shape index (κ3) is 4.19. The van der Waals surface area contributed by atoms with Crippen LogP contribution in [-0.4, -0.2) is 72.3 Å². The molecular formula is C16H29N3O2. The van der Waals surface area contributed by atoms with E-state index < -0.39 is 0 Å². The molecule has 0 aromatic rings. The lowest BCUT2D eigenvalue weighted by Gasteiger charge is -2.36. The van der Waals surface area contributed by atoms with Gasteiger partial charge in [0.25, 0.3) is 0 Å². The normalized spacial score (nSPS) is 20.8. The second-order valence-electron chi connectivity index (χ2n) is 6.15. The third-order valence-electron chi connectivity index (χ3n) is 4.86. The smallest absolute Gasteiger partial charge is 0.236 e. The Labute approximate surface area is 128 Å². The quantitative estimate of drug-likeness (QED) is 0.765. The Morgan fingerprint density at radius 3 is 2.10 bits per heavy atom. The molecule has 0 bridgehead atoms. The van der Waals surface area contributed by atoms with Crippen LogP contribution in [0.5, 0.6) is 0 Å². The van der Waals surface area contributed by atoms with Crippen molar-refractivity contribution in [3.63, 3.8) is 0 Å². The van der Waals surface area contributed by atoms with Gasteiger partial charge < -0.3 is 9.80 Å². The van der Waals surface area contributed by atoms with Crippen molar-refractivity contribution in [1.82, 2.24) is 14.7 Å². The zero-order valence-electron chi connectivity index (χ0n) is 13.5. The molecular weight excluding hydrogens is 266 g/mol. The Morgan fingerprint density at radius 2 is 1.57 bits per heavy atom. The molecule has 21 heavy (non-hydrogen) atoms. The Kier molecular flexibility index (Phi) is 6.03. The van der Waals surface area contributed by atoms with E-state index in [1.54, 1.807) is 0 Å². The summed E-state index contributed by atoms with van der Waals surface area (Å²) in [6.07, 6.45) is 4.54. The van der Waals surface area contributed by atoms with E-state index in [1.165, 1.54) is 12.8 Å². The number of carbonyl (C=O) groups excluding carboxylic acids is 2. The number of nitrogens with zero attached hydrogens (tertiary/aromatic N) is 3. The minimum absolute atomic E-state index is 0.204. The summed E-state index contributed by atoms with van der Waals surface area (Å²) < 4.78 is 0. The molecule has 0 N–H and O–H groups in total. The molecule has 5 heteroatoms. The van der Waals surface area contributed by atoms with Crippen LogP contribution in [0.4, 0.5) is 0 Å². The zero-order chi connectivity index (χ0) is 15.2. The lowest BCUT2D eigenvalue weighted by molar-refractivity contribution is -0.138. The summed E-state index contributed by atoms with van der Waals surface area (Å²) >= 11 is 0. The van der Waals surface area contributed by atoms with Crippen LogP contribution < -0.4 is 0 Å². The predicted molar refractivity (Wildman–Crippen MR) is 82.9 cm³/mol. The van der Waals surface area contributed by atoms with Crippen molar-refractivity contribution in [1.29, 1.82) is 0 Å².